The highest BCUT2D eigenvalue weighted by Gasteiger charge is 2.16. The number of hydrogen-bond donors (Lipinski definition) is 1. The van der Waals surface area contributed by atoms with Crippen molar-refractivity contribution in [2.24, 2.45) is 0 Å². The largest absolute Gasteiger partial charge is 0.465 e. The number of thiophene rings is 1. The van der Waals surface area contributed by atoms with Gasteiger partial charge in [0.15, 0.2) is 0 Å². The fourth-order valence-corrected chi connectivity index (χ4v) is 2.73. The molecule has 5 nitrogen and oxygen atoms in total. The van der Waals surface area contributed by atoms with Crippen molar-refractivity contribution >= 4 is 29.1 Å². The molecule has 0 aliphatic carbocycles. The SMILES string of the molecule is COC(=O)c1cc(-c2cccc(NC(=O)OC(C)(C)C)c2)cs1. The summed E-state index contributed by atoms with van der Waals surface area (Å²) < 4.78 is 9.93. The molecule has 2 aromatic rings. The molecule has 23 heavy (non-hydrogen) atoms. The number of nitrogens with one attached hydrogen (secondary N) is 1. The lowest BCUT2D eigenvalue weighted by atomic mass is 10.1. The Hall–Kier alpha value is -2.34. The Morgan fingerprint density at radius 1 is 1.13 bits per heavy atom. The number of carbonyl (C=O) groups excluding carboxylic acids is 2. The average molecular weight is 333 g/mol. The third-order valence-corrected chi connectivity index (χ3v) is 3.74. The van der Waals surface area contributed by atoms with Crippen molar-refractivity contribution < 1.29 is 19.1 Å². The number of benzene rings is 1. The summed E-state index contributed by atoms with van der Waals surface area (Å²) in [5.41, 5.74) is 1.86. The minimum atomic E-state index is -0.551. The third kappa shape index (κ3) is 4.82. The summed E-state index contributed by atoms with van der Waals surface area (Å²) in [6, 6.07) is 9.11. The van der Waals surface area contributed by atoms with Gasteiger partial charge in [-0.3, -0.25) is 5.32 Å². The Balaban J connectivity index is 2.15. The van der Waals surface area contributed by atoms with E-state index in [-0.39, 0.29) is 5.97 Å². The van der Waals surface area contributed by atoms with Gasteiger partial charge in [0.25, 0.3) is 0 Å². The number of anilines is 1. The van der Waals surface area contributed by atoms with Crippen molar-refractivity contribution in [1.82, 2.24) is 0 Å². The van der Waals surface area contributed by atoms with Gasteiger partial charge in [-0.2, -0.15) is 0 Å². The molecule has 6 heteroatoms. The fourth-order valence-electron chi connectivity index (χ4n) is 1.89. The van der Waals surface area contributed by atoms with Crippen molar-refractivity contribution in [1.29, 1.82) is 0 Å². The molecule has 0 aliphatic rings. The molecule has 1 heterocycles. The Labute approximate surface area is 139 Å². The molecule has 1 aromatic heterocycles. The standard InChI is InChI=1S/C17H19NO4S/c1-17(2,3)22-16(20)18-13-7-5-6-11(8-13)12-9-14(23-10-12)15(19)21-4/h5-10H,1-4H3,(H,18,20). The average Bonchev–Trinajstić information content (AvgIpc) is 2.94. The molecular weight excluding hydrogens is 314 g/mol. The van der Waals surface area contributed by atoms with Crippen LogP contribution in [-0.2, 0) is 9.47 Å². The molecule has 0 atom stereocenters. The number of hydrogen-bond acceptors (Lipinski definition) is 5. The smallest absolute Gasteiger partial charge is 0.412 e. The highest BCUT2D eigenvalue weighted by Crippen LogP contribution is 2.28. The van der Waals surface area contributed by atoms with E-state index in [9.17, 15) is 9.59 Å². The first-order chi connectivity index (χ1) is 10.8. The van der Waals surface area contributed by atoms with Crippen LogP contribution in [-0.4, -0.2) is 24.8 Å². The molecule has 0 unspecified atom stereocenters. The van der Waals surface area contributed by atoms with Gasteiger partial charge >= 0.3 is 12.1 Å². The highest BCUT2D eigenvalue weighted by atomic mass is 32.1. The van der Waals surface area contributed by atoms with Crippen molar-refractivity contribution in [2.75, 3.05) is 12.4 Å². The maximum atomic E-state index is 11.8. The van der Waals surface area contributed by atoms with Crippen molar-refractivity contribution in [3.63, 3.8) is 0 Å². The Morgan fingerprint density at radius 2 is 1.87 bits per heavy atom. The zero-order chi connectivity index (χ0) is 17.0. The lowest BCUT2D eigenvalue weighted by Gasteiger charge is -2.19. The van der Waals surface area contributed by atoms with Crippen molar-refractivity contribution in [3.05, 3.63) is 40.6 Å². The molecule has 0 fully saturated rings. The fraction of sp³-hybridized carbons (Fsp3) is 0.294. The second-order valence-corrected chi connectivity index (χ2v) is 6.81. The second kappa shape index (κ2) is 6.83. The summed E-state index contributed by atoms with van der Waals surface area (Å²) >= 11 is 1.32. The third-order valence-electron chi connectivity index (χ3n) is 2.83. The van der Waals surface area contributed by atoms with Crippen LogP contribution in [0.15, 0.2) is 35.7 Å². The van der Waals surface area contributed by atoms with Gasteiger partial charge in [0.05, 0.1) is 7.11 Å². The van der Waals surface area contributed by atoms with E-state index >= 15 is 0 Å². The summed E-state index contributed by atoms with van der Waals surface area (Å²) in [5, 5.41) is 4.57. The molecule has 0 bridgehead atoms. The van der Waals surface area contributed by atoms with E-state index in [4.69, 9.17) is 9.47 Å². The van der Waals surface area contributed by atoms with Gasteiger partial charge in [-0.1, -0.05) is 12.1 Å². The molecule has 1 aromatic carbocycles. The van der Waals surface area contributed by atoms with Gasteiger partial charge in [-0.05, 0) is 55.5 Å². The molecule has 0 spiro atoms. The predicted molar refractivity (Wildman–Crippen MR) is 91.0 cm³/mol. The summed E-state index contributed by atoms with van der Waals surface area (Å²) in [7, 11) is 1.35. The van der Waals surface area contributed by atoms with Gasteiger partial charge in [0.2, 0.25) is 0 Å². The van der Waals surface area contributed by atoms with Crippen LogP contribution in [0.2, 0.25) is 0 Å². The van der Waals surface area contributed by atoms with E-state index in [0.717, 1.165) is 11.1 Å². The molecule has 2 rings (SSSR count). The maximum absolute atomic E-state index is 11.8. The number of amides is 1. The molecule has 1 amide bonds. The highest BCUT2D eigenvalue weighted by molar-refractivity contribution is 7.12. The Morgan fingerprint density at radius 3 is 2.52 bits per heavy atom. The number of methoxy groups -OCH3 is 1. The zero-order valence-corrected chi connectivity index (χ0v) is 14.3. The van der Waals surface area contributed by atoms with Gasteiger partial charge in [-0.25, -0.2) is 9.59 Å². The van der Waals surface area contributed by atoms with Crippen LogP contribution in [0.5, 0.6) is 0 Å². The van der Waals surface area contributed by atoms with E-state index in [1.165, 1.54) is 18.4 Å². The van der Waals surface area contributed by atoms with Gasteiger partial charge in [-0.15, -0.1) is 11.3 Å². The Kier molecular flexibility index (Phi) is 5.05. The summed E-state index contributed by atoms with van der Waals surface area (Å²) in [4.78, 5) is 23.9. The maximum Gasteiger partial charge on any atom is 0.412 e. The normalized spacial score (nSPS) is 11.0. The minimum absolute atomic E-state index is 0.357. The summed E-state index contributed by atoms with van der Waals surface area (Å²) in [6.07, 6.45) is -0.504. The molecule has 0 radical (unpaired) electrons. The molecule has 0 saturated carbocycles. The van der Waals surface area contributed by atoms with E-state index in [1.54, 1.807) is 12.1 Å². The molecule has 0 saturated heterocycles. The first kappa shape index (κ1) is 17.0. The van der Waals surface area contributed by atoms with E-state index in [2.05, 4.69) is 5.32 Å². The van der Waals surface area contributed by atoms with Crippen molar-refractivity contribution in [3.8, 4) is 11.1 Å². The summed E-state index contributed by atoms with van der Waals surface area (Å²) in [5.74, 6) is -0.357. The lowest BCUT2D eigenvalue weighted by Crippen LogP contribution is -2.27. The van der Waals surface area contributed by atoms with Crippen LogP contribution < -0.4 is 5.32 Å². The second-order valence-electron chi connectivity index (χ2n) is 5.90. The van der Waals surface area contributed by atoms with E-state index in [0.29, 0.717) is 10.6 Å². The topological polar surface area (TPSA) is 64.6 Å². The van der Waals surface area contributed by atoms with Crippen LogP contribution in [0.4, 0.5) is 10.5 Å². The van der Waals surface area contributed by atoms with Gasteiger partial charge in [0, 0.05) is 5.69 Å². The van der Waals surface area contributed by atoms with Crippen LogP contribution in [0.3, 0.4) is 0 Å². The van der Waals surface area contributed by atoms with Crippen LogP contribution in [0.1, 0.15) is 30.4 Å². The number of carbonyl (C=O) groups is 2. The van der Waals surface area contributed by atoms with E-state index < -0.39 is 11.7 Å². The molecule has 122 valence electrons. The van der Waals surface area contributed by atoms with Crippen molar-refractivity contribution in [2.45, 2.75) is 26.4 Å². The Bertz CT molecular complexity index is 715. The van der Waals surface area contributed by atoms with E-state index in [1.807, 2.05) is 44.4 Å². The van der Waals surface area contributed by atoms with Gasteiger partial charge < -0.3 is 9.47 Å². The molecular formula is C17H19NO4S. The van der Waals surface area contributed by atoms with Crippen LogP contribution in [0, 0.1) is 0 Å². The summed E-state index contributed by atoms with van der Waals surface area (Å²) in [6.45, 7) is 5.42. The quantitative estimate of drug-likeness (QED) is 0.837. The predicted octanol–water partition coefficient (Wildman–Crippen LogP) is 4.55. The monoisotopic (exact) mass is 333 g/mol. The zero-order valence-electron chi connectivity index (χ0n) is 13.5. The lowest BCUT2D eigenvalue weighted by molar-refractivity contribution is 0.0603. The minimum Gasteiger partial charge on any atom is -0.465 e. The van der Waals surface area contributed by atoms with Crippen LogP contribution >= 0.6 is 11.3 Å². The number of rotatable bonds is 3. The number of esters is 1. The molecule has 1 N–H and O–H groups in total. The molecule has 0 aliphatic heterocycles. The first-order valence-electron chi connectivity index (χ1n) is 7.06. The first-order valence-corrected chi connectivity index (χ1v) is 7.94. The van der Waals surface area contributed by atoms with Gasteiger partial charge in [0.1, 0.15) is 10.5 Å². The van der Waals surface area contributed by atoms with Crippen LogP contribution in [0.25, 0.3) is 11.1 Å². The number of ether oxygens (including phenoxy) is 2.